The van der Waals surface area contributed by atoms with Crippen LogP contribution in [0.15, 0.2) is 0 Å². The molecule has 5 heteroatoms. The molecule has 0 aromatic rings. The van der Waals surface area contributed by atoms with Gasteiger partial charge in [0.05, 0.1) is 6.54 Å². The van der Waals surface area contributed by atoms with Gasteiger partial charge in [-0.1, -0.05) is 33.1 Å². The fourth-order valence-electron chi connectivity index (χ4n) is 3.23. The van der Waals surface area contributed by atoms with Gasteiger partial charge in [-0.2, -0.15) is 13.2 Å². The average Bonchev–Trinajstić information content (AvgIpc) is 2.38. The molecule has 1 N–H and O–H groups in total. The zero-order chi connectivity index (χ0) is 15.1. The monoisotopic (exact) mass is 294 g/mol. The lowest BCUT2D eigenvalue weighted by Gasteiger charge is -2.41. The van der Waals surface area contributed by atoms with Crippen molar-refractivity contribution >= 4 is 0 Å². The molecule has 0 bridgehead atoms. The molecule has 0 aliphatic heterocycles. The van der Waals surface area contributed by atoms with Crippen molar-refractivity contribution in [1.82, 2.24) is 10.2 Å². The zero-order valence-corrected chi connectivity index (χ0v) is 12.9. The quantitative estimate of drug-likeness (QED) is 0.685. The van der Waals surface area contributed by atoms with Crippen molar-refractivity contribution in [1.29, 1.82) is 0 Å². The molecule has 1 rings (SSSR count). The van der Waals surface area contributed by atoms with Crippen LogP contribution in [0.25, 0.3) is 0 Å². The molecule has 1 aliphatic rings. The van der Waals surface area contributed by atoms with Crippen LogP contribution in [0.4, 0.5) is 13.2 Å². The van der Waals surface area contributed by atoms with Gasteiger partial charge in [0.15, 0.2) is 0 Å². The van der Waals surface area contributed by atoms with Crippen molar-refractivity contribution in [3.05, 3.63) is 0 Å². The number of hydrogen-bond donors (Lipinski definition) is 1. The Morgan fingerprint density at radius 1 is 1.10 bits per heavy atom. The van der Waals surface area contributed by atoms with E-state index < -0.39 is 12.7 Å². The van der Waals surface area contributed by atoms with Crippen LogP contribution in [0.5, 0.6) is 0 Å². The molecule has 0 saturated heterocycles. The van der Waals surface area contributed by atoms with Gasteiger partial charge in [-0.25, -0.2) is 0 Å². The Balaban J connectivity index is 2.61. The van der Waals surface area contributed by atoms with E-state index in [1.807, 2.05) is 6.92 Å². The highest BCUT2D eigenvalue weighted by Crippen LogP contribution is 2.37. The van der Waals surface area contributed by atoms with Crippen LogP contribution < -0.4 is 5.32 Å². The fourth-order valence-corrected chi connectivity index (χ4v) is 3.23. The average molecular weight is 294 g/mol. The smallest absolute Gasteiger partial charge is 0.316 e. The van der Waals surface area contributed by atoms with Gasteiger partial charge < -0.3 is 5.32 Å². The normalized spacial score (nSPS) is 19.5. The first-order valence-corrected chi connectivity index (χ1v) is 7.90. The second-order valence-corrected chi connectivity index (χ2v) is 6.16. The van der Waals surface area contributed by atoms with Gasteiger partial charge in [0.2, 0.25) is 0 Å². The van der Waals surface area contributed by atoms with Crippen molar-refractivity contribution < 1.29 is 13.2 Å². The maximum Gasteiger partial charge on any atom is 0.401 e. The predicted octanol–water partition coefficient (Wildman–Crippen LogP) is 3.82. The molecule has 1 fully saturated rings. The molecule has 0 atom stereocenters. The Morgan fingerprint density at radius 2 is 1.75 bits per heavy atom. The minimum Gasteiger partial charge on any atom is -0.316 e. The van der Waals surface area contributed by atoms with Crippen LogP contribution in [0.2, 0.25) is 0 Å². The third-order valence-corrected chi connectivity index (χ3v) is 4.25. The standard InChI is InChI=1S/C15H29F3N2/c1-3-10-19-11-14(8-6-5-7-9-14)12-20(4-2)13-15(16,17)18/h19H,3-13H2,1-2H3. The molecular formula is C15H29F3N2. The number of hydrogen-bond acceptors (Lipinski definition) is 2. The summed E-state index contributed by atoms with van der Waals surface area (Å²) in [6.45, 7) is 6.00. The van der Waals surface area contributed by atoms with Gasteiger partial charge >= 0.3 is 6.18 Å². The van der Waals surface area contributed by atoms with E-state index >= 15 is 0 Å². The molecular weight excluding hydrogens is 265 g/mol. The number of alkyl halides is 3. The third-order valence-electron chi connectivity index (χ3n) is 4.25. The van der Waals surface area contributed by atoms with Crippen LogP contribution in [-0.4, -0.2) is 43.8 Å². The second-order valence-electron chi connectivity index (χ2n) is 6.16. The Bertz CT molecular complexity index is 260. The van der Waals surface area contributed by atoms with Crippen LogP contribution in [-0.2, 0) is 0 Å². The predicted molar refractivity (Wildman–Crippen MR) is 76.8 cm³/mol. The molecule has 2 nitrogen and oxygen atoms in total. The molecule has 1 aliphatic carbocycles. The van der Waals surface area contributed by atoms with Crippen molar-refractivity contribution in [2.45, 2.75) is 58.5 Å². The van der Waals surface area contributed by atoms with Gasteiger partial charge in [0.1, 0.15) is 0 Å². The van der Waals surface area contributed by atoms with Gasteiger partial charge in [0, 0.05) is 13.1 Å². The van der Waals surface area contributed by atoms with E-state index in [2.05, 4.69) is 12.2 Å². The highest BCUT2D eigenvalue weighted by atomic mass is 19.4. The third kappa shape index (κ3) is 6.44. The minimum absolute atomic E-state index is 0.0364. The lowest BCUT2D eigenvalue weighted by Crippen LogP contribution is -2.47. The van der Waals surface area contributed by atoms with E-state index in [0.717, 1.165) is 45.2 Å². The number of halogens is 3. The summed E-state index contributed by atoms with van der Waals surface area (Å²) < 4.78 is 37.9. The SMILES string of the molecule is CCCNCC1(CN(CC)CC(F)(F)F)CCCCC1. The van der Waals surface area contributed by atoms with Gasteiger partial charge in [-0.15, -0.1) is 0 Å². The molecule has 120 valence electrons. The summed E-state index contributed by atoms with van der Waals surface area (Å²) in [5.41, 5.74) is 0.0364. The highest BCUT2D eigenvalue weighted by Gasteiger charge is 2.37. The van der Waals surface area contributed by atoms with E-state index in [0.29, 0.717) is 13.1 Å². The molecule has 0 amide bonds. The maximum atomic E-state index is 12.6. The minimum atomic E-state index is -4.09. The Morgan fingerprint density at radius 3 is 2.25 bits per heavy atom. The molecule has 0 aromatic heterocycles. The number of nitrogens with one attached hydrogen (secondary N) is 1. The van der Waals surface area contributed by atoms with Gasteiger partial charge in [0.25, 0.3) is 0 Å². The molecule has 0 aromatic carbocycles. The molecule has 0 unspecified atom stereocenters. The molecule has 1 saturated carbocycles. The Labute approximate surface area is 121 Å². The van der Waals surface area contributed by atoms with E-state index in [4.69, 9.17) is 0 Å². The van der Waals surface area contributed by atoms with E-state index in [9.17, 15) is 13.2 Å². The number of nitrogens with zero attached hydrogens (tertiary/aromatic N) is 1. The van der Waals surface area contributed by atoms with Crippen LogP contribution in [0, 0.1) is 5.41 Å². The van der Waals surface area contributed by atoms with E-state index in [1.54, 1.807) is 4.90 Å². The Hall–Kier alpha value is -0.290. The number of rotatable bonds is 8. The Kier molecular flexibility index (Phi) is 7.30. The lowest BCUT2D eigenvalue weighted by atomic mass is 9.73. The van der Waals surface area contributed by atoms with Crippen molar-refractivity contribution in [3.8, 4) is 0 Å². The van der Waals surface area contributed by atoms with E-state index in [-0.39, 0.29) is 5.41 Å². The topological polar surface area (TPSA) is 15.3 Å². The molecule has 0 spiro atoms. The second kappa shape index (κ2) is 8.23. The van der Waals surface area contributed by atoms with Gasteiger partial charge in [-0.05, 0) is 37.8 Å². The van der Waals surface area contributed by atoms with Crippen molar-refractivity contribution in [2.24, 2.45) is 5.41 Å². The summed E-state index contributed by atoms with van der Waals surface area (Å²) in [7, 11) is 0. The summed E-state index contributed by atoms with van der Waals surface area (Å²) >= 11 is 0. The summed E-state index contributed by atoms with van der Waals surface area (Å²) in [6.07, 6.45) is 2.60. The summed E-state index contributed by atoms with van der Waals surface area (Å²) in [4.78, 5) is 1.57. The summed E-state index contributed by atoms with van der Waals surface area (Å²) in [6, 6.07) is 0. The molecule has 20 heavy (non-hydrogen) atoms. The van der Waals surface area contributed by atoms with Crippen LogP contribution in [0.3, 0.4) is 0 Å². The van der Waals surface area contributed by atoms with Crippen LogP contribution in [0.1, 0.15) is 52.4 Å². The fraction of sp³-hybridized carbons (Fsp3) is 1.00. The van der Waals surface area contributed by atoms with Crippen molar-refractivity contribution in [2.75, 3.05) is 32.7 Å². The summed E-state index contributed by atoms with van der Waals surface area (Å²) in [5, 5.41) is 3.43. The van der Waals surface area contributed by atoms with Crippen LogP contribution >= 0.6 is 0 Å². The molecule has 0 heterocycles. The lowest BCUT2D eigenvalue weighted by molar-refractivity contribution is -0.149. The van der Waals surface area contributed by atoms with Crippen molar-refractivity contribution in [3.63, 3.8) is 0 Å². The molecule has 0 radical (unpaired) electrons. The first kappa shape index (κ1) is 17.8. The zero-order valence-electron chi connectivity index (χ0n) is 12.9. The van der Waals surface area contributed by atoms with Gasteiger partial charge in [-0.3, -0.25) is 4.90 Å². The van der Waals surface area contributed by atoms with E-state index in [1.165, 1.54) is 6.42 Å². The highest BCUT2D eigenvalue weighted by molar-refractivity contribution is 4.88. The first-order chi connectivity index (χ1) is 9.41. The maximum absolute atomic E-state index is 12.6. The summed E-state index contributed by atoms with van der Waals surface area (Å²) in [5.74, 6) is 0. The first-order valence-electron chi connectivity index (χ1n) is 7.90. The largest absolute Gasteiger partial charge is 0.401 e.